The van der Waals surface area contributed by atoms with E-state index in [2.05, 4.69) is 25.8 Å². The molecule has 0 bridgehead atoms. The van der Waals surface area contributed by atoms with Crippen LogP contribution in [0, 0.1) is 0 Å². The van der Waals surface area contributed by atoms with Crippen molar-refractivity contribution in [1.29, 1.82) is 0 Å². The van der Waals surface area contributed by atoms with Crippen molar-refractivity contribution in [2.75, 3.05) is 12.0 Å². The number of benzene rings is 3. The molecule has 208 valence electrons. The fourth-order valence-corrected chi connectivity index (χ4v) is 4.90. The number of carbonyl (C=O) groups excluding carboxylic acids is 2. The van der Waals surface area contributed by atoms with Crippen molar-refractivity contribution in [2.45, 2.75) is 38.8 Å². The number of hydrogen-bond donors (Lipinski definition) is 1. The molecule has 0 radical (unpaired) electrons. The highest BCUT2D eigenvalue weighted by atomic mass is 16.5. The van der Waals surface area contributed by atoms with Crippen LogP contribution in [0.3, 0.4) is 0 Å². The van der Waals surface area contributed by atoms with Gasteiger partial charge in [-0.2, -0.15) is 0 Å². The molecule has 1 fully saturated rings. The highest BCUT2D eigenvalue weighted by molar-refractivity contribution is 6.51. The number of carbonyl (C=O) groups is 2. The van der Waals surface area contributed by atoms with Crippen LogP contribution in [0.2, 0.25) is 0 Å². The maximum absolute atomic E-state index is 13.6. The predicted octanol–water partition coefficient (Wildman–Crippen LogP) is 6.59. The molecule has 0 saturated carbocycles. The lowest BCUT2D eigenvalue weighted by Gasteiger charge is -2.26. The minimum Gasteiger partial charge on any atom is -0.507 e. The number of ketones is 1. The fraction of sp³-hybridized carbons (Fsp3) is 0.206. The monoisotopic (exact) mass is 548 g/mol. The quantitative estimate of drug-likeness (QED) is 0.159. The summed E-state index contributed by atoms with van der Waals surface area (Å²) in [5.41, 5.74) is 3.14. The molecule has 1 aliphatic heterocycles. The summed E-state index contributed by atoms with van der Waals surface area (Å²) in [6.45, 7) is 6.57. The summed E-state index contributed by atoms with van der Waals surface area (Å²) in [6, 6.07) is 24.9. The van der Waals surface area contributed by atoms with Crippen LogP contribution in [-0.2, 0) is 21.6 Å². The lowest BCUT2D eigenvalue weighted by atomic mass is 9.85. The van der Waals surface area contributed by atoms with E-state index in [9.17, 15) is 14.7 Å². The third kappa shape index (κ3) is 5.57. The lowest BCUT2D eigenvalue weighted by Crippen LogP contribution is -2.29. The molecule has 1 unspecified atom stereocenters. The fourth-order valence-electron chi connectivity index (χ4n) is 4.90. The maximum atomic E-state index is 13.6. The number of Topliss-reactive ketones (excluding diaryl/α,β-unsaturated/α-hetero) is 1. The van der Waals surface area contributed by atoms with E-state index in [4.69, 9.17) is 9.47 Å². The molecule has 1 atom stereocenters. The van der Waals surface area contributed by atoms with Crippen LogP contribution < -0.4 is 14.4 Å². The molecule has 7 nitrogen and oxygen atoms in total. The molecule has 4 aromatic rings. The Balaban J connectivity index is 1.57. The SMILES string of the molecule is COc1ccc(C(C)(C)C)cc1/C(O)=C1\C(=O)C(=O)N(c2ccc(OCc3ccccc3)cc2)C1c1cccnc1. The van der Waals surface area contributed by atoms with Crippen molar-refractivity contribution < 1.29 is 24.2 Å². The Morgan fingerprint density at radius 1 is 0.951 bits per heavy atom. The average Bonchev–Trinajstić information content (AvgIpc) is 3.26. The highest BCUT2D eigenvalue weighted by Crippen LogP contribution is 2.44. The van der Waals surface area contributed by atoms with Gasteiger partial charge in [0.25, 0.3) is 11.7 Å². The van der Waals surface area contributed by atoms with Crippen LogP contribution >= 0.6 is 0 Å². The Morgan fingerprint density at radius 2 is 1.68 bits per heavy atom. The predicted molar refractivity (Wildman–Crippen MR) is 158 cm³/mol. The second-order valence-corrected chi connectivity index (χ2v) is 10.9. The van der Waals surface area contributed by atoms with Crippen molar-refractivity contribution >= 4 is 23.1 Å². The standard InChI is InChI=1S/C34H32N2O5/c1-34(2,3)24-12-17-28(40-4)27(19-24)31(37)29-30(23-11-8-18-35-20-23)36(33(39)32(29)38)25-13-15-26(16-14-25)41-21-22-9-6-5-7-10-22/h5-20,30,37H,21H2,1-4H3/b31-29+. The summed E-state index contributed by atoms with van der Waals surface area (Å²) < 4.78 is 11.5. The largest absolute Gasteiger partial charge is 0.507 e. The second-order valence-electron chi connectivity index (χ2n) is 10.9. The third-order valence-electron chi connectivity index (χ3n) is 7.13. The van der Waals surface area contributed by atoms with Gasteiger partial charge in [0.05, 0.1) is 24.3 Å². The number of nitrogens with zero attached hydrogens (tertiary/aromatic N) is 2. The Morgan fingerprint density at radius 3 is 2.32 bits per heavy atom. The Hall–Kier alpha value is -4.91. The molecule has 5 rings (SSSR count). The van der Waals surface area contributed by atoms with Crippen LogP contribution in [0.15, 0.2) is 103 Å². The van der Waals surface area contributed by atoms with E-state index in [0.29, 0.717) is 34.9 Å². The molecule has 1 N–H and O–H groups in total. The van der Waals surface area contributed by atoms with Gasteiger partial charge in [0.15, 0.2) is 0 Å². The van der Waals surface area contributed by atoms with E-state index < -0.39 is 17.7 Å². The molecule has 0 aliphatic carbocycles. The van der Waals surface area contributed by atoms with Crippen LogP contribution in [-0.4, -0.2) is 28.9 Å². The number of methoxy groups -OCH3 is 1. The van der Waals surface area contributed by atoms with Gasteiger partial charge >= 0.3 is 0 Å². The van der Waals surface area contributed by atoms with Crippen LogP contribution in [0.25, 0.3) is 5.76 Å². The number of amides is 1. The minimum absolute atomic E-state index is 0.0308. The summed E-state index contributed by atoms with van der Waals surface area (Å²) in [7, 11) is 1.50. The van der Waals surface area contributed by atoms with Gasteiger partial charge in [-0.05, 0) is 64.6 Å². The molecular weight excluding hydrogens is 516 g/mol. The summed E-state index contributed by atoms with van der Waals surface area (Å²) in [4.78, 5) is 32.8. The number of ether oxygens (including phenoxy) is 2. The van der Waals surface area contributed by atoms with E-state index in [1.807, 2.05) is 36.4 Å². The van der Waals surface area contributed by atoms with Gasteiger partial charge < -0.3 is 14.6 Å². The normalized spacial score (nSPS) is 16.6. The van der Waals surface area contributed by atoms with Gasteiger partial charge in [-0.25, -0.2) is 0 Å². The molecule has 2 heterocycles. The van der Waals surface area contributed by atoms with Crippen LogP contribution in [0.4, 0.5) is 5.69 Å². The maximum Gasteiger partial charge on any atom is 0.300 e. The molecule has 3 aromatic carbocycles. The van der Waals surface area contributed by atoms with Gasteiger partial charge in [0.2, 0.25) is 0 Å². The average molecular weight is 549 g/mol. The van der Waals surface area contributed by atoms with Gasteiger partial charge in [-0.1, -0.05) is 63.2 Å². The molecule has 0 spiro atoms. The van der Waals surface area contributed by atoms with E-state index in [1.165, 1.54) is 12.0 Å². The topological polar surface area (TPSA) is 89.0 Å². The zero-order valence-electron chi connectivity index (χ0n) is 23.5. The van der Waals surface area contributed by atoms with Gasteiger partial charge in [-0.3, -0.25) is 19.5 Å². The van der Waals surface area contributed by atoms with E-state index in [-0.39, 0.29) is 16.7 Å². The van der Waals surface area contributed by atoms with Crippen molar-refractivity contribution in [3.05, 3.63) is 125 Å². The van der Waals surface area contributed by atoms with Gasteiger partial charge in [0, 0.05) is 18.1 Å². The molecule has 1 aliphatic rings. The van der Waals surface area contributed by atoms with E-state index >= 15 is 0 Å². The molecule has 1 saturated heterocycles. The van der Waals surface area contributed by atoms with Crippen molar-refractivity contribution in [3.8, 4) is 11.5 Å². The number of aliphatic hydroxyl groups excluding tert-OH is 1. The lowest BCUT2D eigenvalue weighted by molar-refractivity contribution is -0.132. The second kappa shape index (κ2) is 11.3. The molecule has 41 heavy (non-hydrogen) atoms. The van der Waals surface area contributed by atoms with Crippen molar-refractivity contribution in [1.82, 2.24) is 4.98 Å². The minimum atomic E-state index is -0.900. The zero-order chi connectivity index (χ0) is 29.1. The summed E-state index contributed by atoms with van der Waals surface area (Å²) in [6.07, 6.45) is 3.21. The van der Waals surface area contributed by atoms with E-state index in [0.717, 1.165) is 11.1 Å². The number of aromatic nitrogens is 1. The smallest absolute Gasteiger partial charge is 0.300 e. The van der Waals surface area contributed by atoms with Gasteiger partial charge in [0.1, 0.15) is 23.9 Å². The van der Waals surface area contributed by atoms with Crippen molar-refractivity contribution in [2.24, 2.45) is 0 Å². The summed E-state index contributed by atoms with van der Waals surface area (Å²) >= 11 is 0. The Kier molecular flexibility index (Phi) is 7.62. The van der Waals surface area contributed by atoms with Crippen molar-refractivity contribution in [3.63, 3.8) is 0 Å². The highest BCUT2D eigenvalue weighted by Gasteiger charge is 2.47. The summed E-state index contributed by atoms with van der Waals surface area (Å²) in [5, 5.41) is 11.7. The number of aliphatic hydroxyl groups is 1. The zero-order valence-corrected chi connectivity index (χ0v) is 23.5. The number of anilines is 1. The third-order valence-corrected chi connectivity index (χ3v) is 7.13. The first-order valence-corrected chi connectivity index (χ1v) is 13.4. The number of hydrogen-bond acceptors (Lipinski definition) is 6. The van der Waals surface area contributed by atoms with Crippen LogP contribution in [0.1, 0.15) is 49.1 Å². The van der Waals surface area contributed by atoms with Crippen LogP contribution in [0.5, 0.6) is 11.5 Å². The first kappa shape index (κ1) is 27.6. The number of rotatable bonds is 7. The number of pyridine rings is 1. The molecule has 1 amide bonds. The molecular formula is C34H32N2O5. The first-order valence-electron chi connectivity index (χ1n) is 13.4. The molecule has 7 heteroatoms. The Labute approximate surface area is 239 Å². The van der Waals surface area contributed by atoms with Gasteiger partial charge in [-0.15, -0.1) is 0 Å². The summed E-state index contributed by atoms with van der Waals surface area (Å²) in [5.74, 6) is -0.818. The molecule has 1 aromatic heterocycles. The van der Waals surface area contributed by atoms with E-state index in [1.54, 1.807) is 60.9 Å². The Bertz CT molecular complexity index is 1590. The first-order chi connectivity index (χ1) is 19.7.